The lowest BCUT2D eigenvalue weighted by atomic mass is 10.2. The number of alkyl halides is 3. The molecule has 12 heteroatoms. The summed E-state index contributed by atoms with van der Waals surface area (Å²) in [6, 6.07) is 8.25. The summed E-state index contributed by atoms with van der Waals surface area (Å²) >= 11 is 5.58. The van der Waals surface area contributed by atoms with E-state index in [0.717, 1.165) is 12.1 Å². The van der Waals surface area contributed by atoms with Crippen molar-refractivity contribution < 1.29 is 31.1 Å². The maximum absolute atomic E-state index is 13.2. The van der Waals surface area contributed by atoms with E-state index in [9.17, 15) is 21.6 Å². The van der Waals surface area contributed by atoms with Gasteiger partial charge in [-0.1, -0.05) is 11.6 Å². The molecule has 1 heterocycles. The van der Waals surface area contributed by atoms with Crippen molar-refractivity contribution >= 4 is 33.0 Å². The molecular formula is C20H17ClF3N3O4S. The molecule has 0 atom stereocenters. The van der Waals surface area contributed by atoms with Crippen LogP contribution in [0, 0.1) is 6.92 Å². The van der Waals surface area contributed by atoms with Crippen LogP contribution in [0.15, 0.2) is 53.6 Å². The summed E-state index contributed by atoms with van der Waals surface area (Å²) in [5, 5.41) is -0.617. The Balaban J connectivity index is 2.00. The number of methoxy groups -OCH3 is 1. The number of halogens is 4. The maximum Gasteiger partial charge on any atom is 0.417 e. The first-order valence-electron chi connectivity index (χ1n) is 8.88. The summed E-state index contributed by atoms with van der Waals surface area (Å²) in [5.41, 5.74) is 5.34. The van der Waals surface area contributed by atoms with Crippen LogP contribution < -0.4 is 19.9 Å². The lowest BCUT2D eigenvalue weighted by Gasteiger charge is -2.16. The standard InChI is InChI=1S/C20H17ClF3N3O4S/c1-11-7-16(19(26-10-11)31-17-6-3-12(25)8-18(17)30-2)27-32(28,29)13-4-5-15(21)14(9-13)20(22,23)24/h3-10,27H,25H2,1-2H3. The highest BCUT2D eigenvalue weighted by molar-refractivity contribution is 7.92. The third kappa shape index (κ3) is 5.17. The number of nitrogens with two attached hydrogens (primary N) is 1. The highest BCUT2D eigenvalue weighted by atomic mass is 35.5. The van der Waals surface area contributed by atoms with Crippen molar-refractivity contribution in [2.75, 3.05) is 17.6 Å². The van der Waals surface area contributed by atoms with E-state index >= 15 is 0 Å². The molecule has 0 saturated carbocycles. The largest absolute Gasteiger partial charge is 0.493 e. The number of hydrogen-bond acceptors (Lipinski definition) is 6. The summed E-state index contributed by atoms with van der Waals surface area (Å²) in [6.45, 7) is 1.66. The van der Waals surface area contributed by atoms with Crippen molar-refractivity contribution in [2.45, 2.75) is 18.0 Å². The summed E-state index contributed by atoms with van der Waals surface area (Å²) in [4.78, 5) is 3.45. The molecule has 0 unspecified atom stereocenters. The Labute approximate surface area is 187 Å². The number of hydrogen-bond donors (Lipinski definition) is 2. The number of pyridine rings is 1. The molecular weight excluding hydrogens is 471 g/mol. The Morgan fingerprint density at radius 1 is 1.09 bits per heavy atom. The molecule has 3 rings (SSSR count). The van der Waals surface area contributed by atoms with E-state index in [2.05, 4.69) is 9.71 Å². The first-order valence-corrected chi connectivity index (χ1v) is 10.7. The van der Waals surface area contributed by atoms with Gasteiger partial charge in [0.25, 0.3) is 10.0 Å². The van der Waals surface area contributed by atoms with Gasteiger partial charge in [-0.2, -0.15) is 13.2 Å². The zero-order valence-electron chi connectivity index (χ0n) is 16.7. The molecule has 0 spiro atoms. The van der Waals surface area contributed by atoms with Gasteiger partial charge in [0.05, 0.1) is 22.6 Å². The number of benzene rings is 2. The monoisotopic (exact) mass is 487 g/mol. The Morgan fingerprint density at radius 2 is 1.81 bits per heavy atom. The predicted molar refractivity (Wildman–Crippen MR) is 114 cm³/mol. The Kier molecular flexibility index (Phi) is 6.42. The van der Waals surface area contributed by atoms with E-state index in [1.807, 2.05) is 0 Å². The Hall–Kier alpha value is -3.18. The molecule has 3 aromatic rings. The fourth-order valence-corrected chi connectivity index (χ4v) is 3.97. The van der Waals surface area contributed by atoms with Gasteiger partial charge in [-0.25, -0.2) is 13.4 Å². The van der Waals surface area contributed by atoms with Gasteiger partial charge in [-0.05, 0) is 48.9 Å². The van der Waals surface area contributed by atoms with Gasteiger partial charge in [-0.3, -0.25) is 4.72 Å². The number of nitrogens with zero attached hydrogens (tertiary/aromatic N) is 1. The van der Waals surface area contributed by atoms with Crippen molar-refractivity contribution in [1.29, 1.82) is 0 Å². The fourth-order valence-electron chi connectivity index (χ4n) is 2.68. The van der Waals surface area contributed by atoms with E-state index < -0.39 is 31.7 Å². The van der Waals surface area contributed by atoms with Crippen LogP contribution in [0.4, 0.5) is 24.5 Å². The van der Waals surface area contributed by atoms with Gasteiger partial charge in [0.2, 0.25) is 5.88 Å². The molecule has 1 aromatic heterocycles. The van der Waals surface area contributed by atoms with Crippen molar-refractivity contribution in [2.24, 2.45) is 0 Å². The summed E-state index contributed by atoms with van der Waals surface area (Å²) < 4.78 is 78.2. The molecule has 0 saturated heterocycles. The minimum absolute atomic E-state index is 0.0904. The normalized spacial score (nSPS) is 11.8. The van der Waals surface area contributed by atoms with Crippen LogP contribution in [0.1, 0.15) is 11.1 Å². The summed E-state index contributed by atoms with van der Waals surface area (Å²) in [7, 11) is -3.05. The highest BCUT2D eigenvalue weighted by Crippen LogP contribution is 2.38. The third-order valence-corrected chi connectivity index (χ3v) is 5.87. The van der Waals surface area contributed by atoms with Crippen molar-refractivity contribution in [1.82, 2.24) is 4.98 Å². The number of aromatic nitrogens is 1. The second kappa shape index (κ2) is 8.75. The quantitative estimate of drug-likeness (QED) is 0.460. The summed E-state index contributed by atoms with van der Waals surface area (Å²) in [5.74, 6) is 0.324. The smallest absolute Gasteiger partial charge is 0.417 e. The van der Waals surface area contributed by atoms with Crippen LogP contribution in [0.2, 0.25) is 5.02 Å². The van der Waals surface area contributed by atoms with Crippen LogP contribution in [0.3, 0.4) is 0 Å². The molecule has 0 aliphatic heterocycles. The van der Waals surface area contributed by atoms with Crippen LogP contribution in [0.5, 0.6) is 17.4 Å². The Bertz CT molecular complexity index is 1270. The van der Waals surface area contributed by atoms with Crippen LogP contribution in [-0.2, 0) is 16.2 Å². The van der Waals surface area contributed by atoms with Gasteiger partial charge in [0, 0.05) is 18.0 Å². The number of nitrogen functional groups attached to an aromatic ring is 1. The van der Waals surface area contributed by atoms with Gasteiger partial charge in [0.1, 0.15) is 5.69 Å². The van der Waals surface area contributed by atoms with E-state index in [1.165, 1.54) is 31.5 Å². The SMILES string of the molecule is COc1cc(N)ccc1Oc1ncc(C)cc1NS(=O)(=O)c1ccc(Cl)c(C(F)(F)F)c1. The van der Waals surface area contributed by atoms with Gasteiger partial charge < -0.3 is 15.2 Å². The lowest BCUT2D eigenvalue weighted by Crippen LogP contribution is -2.16. The second-order valence-corrected chi connectivity index (χ2v) is 8.71. The molecule has 3 N–H and O–H groups in total. The molecule has 0 bridgehead atoms. The van der Waals surface area contributed by atoms with Crippen molar-refractivity contribution in [3.8, 4) is 17.4 Å². The minimum atomic E-state index is -4.83. The fraction of sp³-hybridized carbons (Fsp3) is 0.150. The molecule has 2 aromatic carbocycles. The second-order valence-electron chi connectivity index (χ2n) is 6.62. The van der Waals surface area contributed by atoms with E-state index in [4.69, 9.17) is 26.8 Å². The van der Waals surface area contributed by atoms with E-state index in [1.54, 1.807) is 13.0 Å². The first kappa shape index (κ1) is 23.5. The van der Waals surface area contributed by atoms with Crippen LogP contribution in [0.25, 0.3) is 0 Å². The topological polar surface area (TPSA) is 104 Å². The zero-order chi connectivity index (χ0) is 23.7. The number of anilines is 2. The molecule has 0 fully saturated rings. The molecule has 170 valence electrons. The zero-order valence-corrected chi connectivity index (χ0v) is 18.3. The number of ether oxygens (including phenoxy) is 2. The molecule has 0 amide bonds. The average Bonchev–Trinajstić information content (AvgIpc) is 2.70. The lowest BCUT2D eigenvalue weighted by molar-refractivity contribution is -0.137. The van der Waals surface area contributed by atoms with Crippen LogP contribution >= 0.6 is 11.6 Å². The predicted octanol–water partition coefficient (Wildman–Crippen LogP) is 5.25. The van der Waals surface area contributed by atoms with Crippen molar-refractivity contribution in [3.05, 3.63) is 64.8 Å². The number of sulfonamides is 1. The van der Waals surface area contributed by atoms with E-state index in [0.29, 0.717) is 17.3 Å². The van der Waals surface area contributed by atoms with Crippen molar-refractivity contribution in [3.63, 3.8) is 0 Å². The number of nitrogens with one attached hydrogen (secondary N) is 1. The molecule has 7 nitrogen and oxygen atoms in total. The third-order valence-electron chi connectivity index (χ3n) is 4.18. The van der Waals surface area contributed by atoms with Crippen LogP contribution in [-0.4, -0.2) is 20.5 Å². The van der Waals surface area contributed by atoms with Gasteiger partial charge >= 0.3 is 6.18 Å². The summed E-state index contributed by atoms with van der Waals surface area (Å²) in [6.07, 6.45) is -3.39. The molecule has 0 aliphatic rings. The maximum atomic E-state index is 13.2. The highest BCUT2D eigenvalue weighted by Gasteiger charge is 2.34. The van der Waals surface area contributed by atoms with Gasteiger partial charge in [-0.15, -0.1) is 0 Å². The van der Waals surface area contributed by atoms with E-state index in [-0.39, 0.29) is 23.1 Å². The first-order chi connectivity index (χ1) is 14.9. The minimum Gasteiger partial charge on any atom is -0.493 e. The molecule has 0 aliphatic carbocycles. The molecule has 32 heavy (non-hydrogen) atoms. The number of aryl methyl sites for hydroxylation is 1. The Morgan fingerprint density at radius 3 is 2.47 bits per heavy atom. The average molecular weight is 488 g/mol. The number of rotatable bonds is 6. The molecule has 0 radical (unpaired) electrons. The van der Waals surface area contributed by atoms with Gasteiger partial charge in [0.15, 0.2) is 11.5 Å².